The van der Waals surface area contributed by atoms with Crippen LogP contribution in [0.3, 0.4) is 0 Å². The molecule has 0 bridgehead atoms. The van der Waals surface area contributed by atoms with Gasteiger partial charge in [0.2, 0.25) is 0 Å². The number of nitro groups is 1. The van der Waals surface area contributed by atoms with Gasteiger partial charge in [-0.15, -0.1) is 0 Å². The Hall–Kier alpha value is -4.63. The second-order valence-corrected chi connectivity index (χ2v) is 8.29. The van der Waals surface area contributed by atoms with E-state index in [1.54, 1.807) is 36.4 Å². The Balaban J connectivity index is 1.33. The molecule has 0 aliphatic carbocycles. The van der Waals surface area contributed by atoms with Crippen molar-refractivity contribution in [3.63, 3.8) is 0 Å². The average molecular weight is 504 g/mol. The number of aromatic nitrogens is 1. The van der Waals surface area contributed by atoms with E-state index in [0.717, 1.165) is 5.56 Å². The van der Waals surface area contributed by atoms with E-state index in [2.05, 4.69) is 10.3 Å². The van der Waals surface area contributed by atoms with Crippen LogP contribution in [0.1, 0.15) is 22.0 Å². The fourth-order valence-electron chi connectivity index (χ4n) is 3.70. The molecule has 5 rings (SSSR count). The number of benzene rings is 3. The molecule has 0 saturated carbocycles. The largest absolute Gasteiger partial charge is 0.497 e. The summed E-state index contributed by atoms with van der Waals surface area (Å²) in [5, 5.41) is 14.9. The van der Waals surface area contributed by atoms with Crippen molar-refractivity contribution in [3.05, 3.63) is 105 Å². The van der Waals surface area contributed by atoms with Gasteiger partial charge in [0.1, 0.15) is 17.0 Å². The third kappa shape index (κ3) is 4.77. The van der Waals surface area contributed by atoms with Crippen molar-refractivity contribution in [1.82, 2.24) is 4.98 Å². The number of nitrogens with zero attached hydrogens (tertiary/aromatic N) is 2. The molecular weight excluding hydrogens is 486 g/mol. The molecule has 1 amide bonds. The zero-order valence-corrected chi connectivity index (χ0v) is 19.6. The average Bonchev–Trinajstić information content (AvgIpc) is 3.52. The standard InChI is InChI=1S/C26H18ClN3O6/c1-34-18-7-8-19(21(14-18)30(32)33)22-10-11-24(35-22)26(31)28-17-6-9-23-20(13-17)29-25(36-23)12-15-2-4-16(27)5-3-15/h2-11,13-14H,12H2,1H3,(H,28,31). The molecule has 9 nitrogen and oxygen atoms in total. The number of amides is 1. The zero-order chi connectivity index (χ0) is 25.2. The highest BCUT2D eigenvalue weighted by Gasteiger charge is 2.21. The lowest BCUT2D eigenvalue weighted by molar-refractivity contribution is -0.384. The fraction of sp³-hybridized carbons (Fsp3) is 0.0769. The van der Waals surface area contributed by atoms with Gasteiger partial charge >= 0.3 is 0 Å². The van der Waals surface area contributed by atoms with Crippen LogP contribution >= 0.6 is 11.6 Å². The number of hydrogen-bond donors (Lipinski definition) is 1. The smallest absolute Gasteiger partial charge is 0.291 e. The summed E-state index contributed by atoms with van der Waals surface area (Å²) in [6, 6.07) is 19.9. The molecule has 0 atom stereocenters. The molecule has 0 aliphatic rings. The highest BCUT2D eigenvalue weighted by molar-refractivity contribution is 6.30. The molecule has 0 aliphatic heterocycles. The second kappa shape index (κ2) is 9.55. The molecule has 2 heterocycles. The molecule has 180 valence electrons. The number of nitrogens with one attached hydrogen (secondary N) is 1. The maximum atomic E-state index is 12.8. The molecule has 0 fully saturated rings. The number of ether oxygens (including phenoxy) is 1. The van der Waals surface area contributed by atoms with Gasteiger partial charge in [-0.3, -0.25) is 14.9 Å². The number of furan rings is 1. The van der Waals surface area contributed by atoms with E-state index in [1.165, 1.54) is 31.4 Å². The number of methoxy groups -OCH3 is 1. The molecule has 5 aromatic rings. The minimum absolute atomic E-state index is 0.00112. The van der Waals surface area contributed by atoms with Crippen LogP contribution in [0, 0.1) is 10.1 Å². The molecular formula is C26H18ClN3O6. The van der Waals surface area contributed by atoms with Crippen molar-refractivity contribution in [3.8, 4) is 17.1 Å². The van der Waals surface area contributed by atoms with E-state index in [0.29, 0.717) is 39.9 Å². The Kier molecular flexibility index (Phi) is 6.14. The van der Waals surface area contributed by atoms with E-state index in [-0.39, 0.29) is 22.8 Å². The normalized spacial score (nSPS) is 10.9. The van der Waals surface area contributed by atoms with Crippen molar-refractivity contribution in [2.24, 2.45) is 0 Å². The lowest BCUT2D eigenvalue weighted by Crippen LogP contribution is -2.10. The lowest BCUT2D eigenvalue weighted by Gasteiger charge is -2.04. The van der Waals surface area contributed by atoms with E-state index in [1.807, 2.05) is 12.1 Å². The summed E-state index contributed by atoms with van der Waals surface area (Å²) in [6.07, 6.45) is 0.500. The first-order valence-corrected chi connectivity index (χ1v) is 11.2. The molecule has 10 heteroatoms. The van der Waals surface area contributed by atoms with Crippen LogP contribution in [0.25, 0.3) is 22.4 Å². The molecule has 0 radical (unpaired) electrons. The van der Waals surface area contributed by atoms with Crippen LogP contribution < -0.4 is 10.1 Å². The molecule has 0 saturated heterocycles. The van der Waals surface area contributed by atoms with Crippen LogP contribution in [-0.2, 0) is 6.42 Å². The maximum Gasteiger partial charge on any atom is 0.291 e. The summed E-state index contributed by atoms with van der Waals surface area (Å²) in [6.45, 7) is 0. The Labute approximate surface area is 209 Å². The monoisotopic (exact) mass is 503 g/mol. The van der Waals surface area contributed by atoms with E-state index in [9.17, 15) is 14.9 Å². The van der Waals surface area contributed by atoms with Gasteiger partial charge in [-0.25, -0.2) is 4.98 Å². The van der Waals surface area contributed by atoms with Crippen LogP contribution in [-0.4, -0.2) is 22.9 Å². The predicted octanol–water partition coefficient (Wildman–Crippen LogP) is 6.50. The van der Waals surface area contributed by atoms with E-state index >= 15 is 0 Å². The minimum Gasteiger partial charge on any atom is -0.497 e. The zero-order valence-electron chi connectivity index (χ0n) is 18.9. The molecule has 0 unspecified atom stereocenters. The van der Waals surface area contributed by atoms with Gasteiger partial charge in [-0.2, -0.15) is 0 Å². The topological polar surface area (TPSA) is 121 Å². The van der Waals surface area contributed by atoms with Gasteiger partial charge in [0.15, 0.2) is 17.2 Å². The van der Waals surface area contributed by atoms with Gasteiger partial charge < -0.3 is 18.9 Å². The molecule has 0 spiro atoms. The van der Waals surface area contributed by atoms with Crippen LogP contribution in [0.2, 0.25) is 5.02 Å². The first-order chi connectivity index (χ1) is 17.4. The first kappa shape index (κ1) is 23.1. The van der Waals surface area contributed by atoms with Crippen molar-refractivity contribution < 1.29 is 23.3 Å². The summed E-state index contributed by atoms with van der Waals surface area (Å²) >= 11 is 5.93. The first-order valence-electron chi connectivity index (χ1n) is 10.8. The van der Waals surface area contributed by atoms with E-state index in [4.69, 9.17) is 25.2 Å². The highest BCUT2D eigenvalue weighted by atomic mass is 35.5. The number of fused-ring (bicyclic) bond motifs is 1. The Bertz CT molecular complexity index is 1590. The number of nitro benzene ring substituents is 1. The minimum atomic E-state index is -0.533. The van der Waals surface area contributed by atoms with Crippen molar-refractivity contribution in [2.75, 3.05) is 12.4 Å². The number of hydrogen-bond acceptors (Lipinski definition) is 7. The number of carbonyl (C=O) groups is 1. The van der Waals surface area contributed by atoms with Crippen LogP contribution in [0.5, 0.6) is 5.75 Å². The Morgan fingerprint density at radius 2 is 1.86 bits per heavy atom. The SMILES string of the molecule is COc1ccc(-c2ccc(C(=O)Nc3ccc4oc(Cc5ccc(Cl)cc5)nc4c3)o2)c([N+](=O)[O-])c1. The summed E-state index contributed by atoms with van der Waals surface area (Å²) < 4.78 is 16.5. The predicted molar refractivity (Wildman–Crippen MR) is 134 cm³/mol. The number of rotatable bonds is 7. The van der Waals surface area contributed by atoms with Crippen molar-refractivity contribution >= 4 is 40.0 Å². The van der Waals surface area contributed by atoms with Crippen molar-refractivity contribution in [1.29, 1.82) is 0 Å². The molecule has 36 heavy (non-hydrogen) atoms. The van der Waals surface area contributed by atoms with Crippen LogP contribution in [0.4, 0.5) is 11.4 Å². The number of carbonyl (C=O) groups excluding carboxylic acids is 1. The molecule has 1 N–H and O–H groups in total. The van der Waals surface area contributed by atoms with Crippen LogP contribution in [0.15, 0.2) is 81.6 Å². The quantitative estimate of drug-likeness (QED) is 0.199. The summed E-state index contributed by atoms with van der Waals surface area (Å²) in [7, 11) is 1.42. The number of oxazole rings is 1. The van der Waals surface area contributed by atoms with E-state index < -0.39 is 10.8 Å². The Morgan fingerprint density at radius 1 is 1.06 bits per heavy atom. The summed E-state index contributed by atoms with van der Waals surface area (Å²) in [4.78, 5) is 28.2. The second-order valence-electron chi connectivity index (χ2n) is 7.85. The molecule has 3 aromatic carbocycles. The third-order valence-corrected chi connectivity index (χ3v) is 5.71. The third-order valence-electron chi connectivity index (χ3n) is 5.46. The van der Waals surface area contributed by atoms with Gasteiger partial charge in [0.05, 0.1) is 23.7 Å². The maximum absolute atomic E-state index is 12.8. The fourth-order valence-corrected chi connectivity index (χ4v) is 3.83. The van der Waals surface area contributed by atoms with Gasteiger partial charge in [-0.05, 0) is 60.2 Å². The summed E-state index contributed by atoms with van der Waals surface area (Å²) in [5.74, 6) is 0.552. The number of anilines is 1. The van der Waals surface area contributed by atoms with Crippen molar-refractivity contribution in [2.45, 2.75) is 6.42 Å². The molecule has 2 aromatic heterocycles. The number of halogens is 1. The van der Waals surface area contributed by atoms with Gasteiger partial charge in [-0.1, -0.05) is 23.7 Å². The van der Waals surface area contributed by atoms with Gasteiger partial charge in [0.25, 0.3) is 11.6 Å². The highest BCUT2D eigenvalue weighted by Crippen LogP contribution is 2.34. The summed E-state index contributed by atoms with van der Waals surface area (Å²) in [5.41, 5.74) is 2.71. The van der Waals surface area contributed by atoms with Gasteiger partial charge in [0, 0.05) is 17.1 Å². The Morgan fingerprint density at radius 3 is 2.61 bits per heavy atom. The lowest BCUT2D eigenvalue weighted by atomic mass is 10.1.